The van der Waals surface area contributed by atoms with Gasteiger partial charge in [0.05, 0.1) is 6.61 Å². The van der Waals surface area contributed by atoms with Gasteiger partial charge in [0, 0.05) is 6.92 Å². The van der Waals surface area contributed by atoms with E-state index in [1.807, 2.05) is 6.92 Å². The van der Waals surface area contributed by atoms with E-state index in [9.17, 15) is 4.79 Å². The fourth-order valence-electron chi connectivity index (χ4n) is 0.246. The quantitative estimate of drug-likeness (QED) is 0.410. The molecule has 0 aliphatic heterocycles. The molecule has 2 nitrogen and oxygen atoms in total. The van der Waals surface area contributed by atoms with Gasteiger partial charge >= 0.3 is 57.4 Å². The molecular formula is C5H11KO2. The fraction of sp³-hybridized carbons (Fsp3) is 0.800. The molecule has 44 valence electrons. The van der Waals surface area contributed by atoms with Crippen molar-refractivity contribution >= 4 is 57.4 Å². The van der Waals surface area contributed by atoms with Gasteiger partial charge in [-0.2, -0.15) is 0 Å². The molecular weight excluding hydrogens is 131 g/mol. The average molecular weight is 142 g/mol. The minimum absolute atomic E-state index is 0. The first-order chi connectivity index (χ1) is 3.27. The fourth-order valence-corrected chi connectivity index (χ4v) is 0.246. The van der Waals surface area contributed by atoms with Crippen LogP contribution in [-0.4, -0.2) is 64.0 Å². The van der Waals surface area contributed by atoms with Gasteiger partial charge in [-0.1, -0.05) is 6.92 Å². The molecule has 0 bridgehead atoms. The molecule has 0 unspecified atom stereocenters. The van der Waals surface area contributed by atoms with Crippen molar-refractivity contribution in [2.45, 2.75) is 20.3 Å². The molecule has 0 N–H and O–H groups in total. The van der Waals surface area contributed by atoms with Gasteiger partial charge in [0.1, 0.15) is 0 Å². The molecule has 0 aromatic rings. The molecule has 0 aromatic carbocycles. The second-order valence-electron chi connectivity index (χ2n) is 1.34. The first-order valence-corrected chi connectivity index (χ1v) is 2.40. The summed E-state index contributed by atoms with van der Waals surface area (Å²) in [6.45, 7) is 3.92. The summed E-state index contributed by atoms with van der Waals surface area (Å²) >= 11 is 0. The third-order valence-electron chi connectivity index (χ3n) is 0.509. The molecule has 3 heteroatoms. The van der Waals surface area contributed by atoms with E-state index in [0.29, 0.717) is 6.61 Å². The van der Waals surface area contributed by atoms with Gasteiger partial charge in [-0.3, -0.25) is 4.79 Å². The van der Waals surface area contributed by atoms with Crippen LogP contribution in [0.25, 0.3) is 0 Å². The van der Waals surface area contributed by atoms with Crippen LogP contribution < -0.4 is 0 Å². The van der Waals surface area contributed by atoms with Crippen LogP contribution in [0, 0.1) is 0 Å². The van der Waals surface area contributed by atoms with Crippen LogP contribution in [0.3, 0.4) is 0 Å². The van der Waals surface area contributed by atoms with Crippen LogP contribution >= 0.6 is 0 Å². The zero-order chi connectivity index (χ0) is 5.70. The zero-order valence-corrected chi connectivity index (χ0v) is 4.73. The molecule has 0 spiro atoms. The Morgan fingerprint density at radius 3 is 2.25 bits per heavy atom. The van der Waals surface area contributed by atoms with Gasteiger partial charge in [-0.15, -0.1) is 0 Å². The van der Waals surface area contributed by atoms with E-state index >= 15 is 0 Å². The summed E-state index contributed by atoms with van der Waals surface area (Å²) in [5.74, 6) is -0.193. The molecule has 0 aliphatic carbocycles. The van der Waals surface area contributed by atoms with Crippen molar-refractivity contribution < 1.29 is 9.53 Å². The molecule has 0 fully saturated rings. The van der Waals surface area contributed by atoms with Crippen LogP contribution in [-0.2, 0) is 9.53 Å². The van der Waals surface area contributed by atoms with Crippen LogP contribution in [0.2, 0.25) is 0 Å². The van der Waals surface area contributed by atoms with Crippen molar-refractivity contribution in [3.05, 3.63) is 0 Å². The summed E-state index contributed by atoms with van der Waals surface area (Å²) in [7, 11) is 0. The third kappa shape index (κ3) is 10.2. The number of esters is 1. The van der Waals surface area contributed by atoms with E-state index in [0.717, 1.165) is 6.42 Å². The zero-order valence-electron chi connectivity index (χ0n) is 4.73. The van der Waals surface area contributed by atoms with E-state index in [1.165, 1.54) is 6.92 Å². The Labute approximate surface area is 92.4 Å². The van der Waals surface area contributed by atoms with E-state index in [1.54, 1.807) is 0 Å². The van der Waals surface area contributed by atoms with Gasteiger partial charge in [0.2, 0.25) is 0 Å². The van der Waals surface area contributed by atoms with E-state index in [2.05, 4.69) is 4.74 Å². The maximum absolute atomic E-state index is 9.98. The van der Waals surface area contributed by atoms with Crippen LogP contribution in [0.4, 0.5) is 0 Å². The Morgan fingerprint density at radius 1 is 1.62 bits per heavy atom. The summed E-state index contributed by atoms with van der Waals surface area (Å²) in [5.41, 5.74) is 0. The van der Waals surface area contributed by atoms with Gasteiger partial charge in [-0.25, -0.2) is 0 Å². The number of rotatable bonds is 2. The second kappa shape index (κ2) is 8.11. The summed E-state index contributed by atoms with van der Waals surface area (Å²) < 4.78 is 4.55. The molecule has 0 aromatic heterocycles. The molecule has 0 saturated carbocycles. The number of hydrogen-bond donors (Lipinski definition) is 0. The number of hydrogen-bond acceptors (Lipinski definition) is 2. The van der Waals surface area contributed by atoms with Gasteiger partial charge in [-0.05, 0) is 6.42 Å². The molecule has 0 rings (SSSR count). The normalized spacial score (nSPS) is 7.25. The first-order valence-electron chi connectivity index (χ1n) is 2.40. The Kier molecular flexibility index (Phi) is 12.0. The molecule has 0 amide bonds. The topological polar surface area (TPSA) is 26.3 Å². The predicted octanol–water partition coefficient (Wildman–Crippen LogP) is 0.311. The van der Waals surface area contributed by atoms with Crippen molar-refractivity contribution in [1.29, 1.82) is 0 Å². The Balaban J connectivity index is 0. The average Bonchev–Trinajstić information content (AvgIpc) is 1.61. The van der Waals surface area contributed by atoms with Crippen molar-refractivity contribution in [3.63, 3.8) is 0 Å². The van der Waals surface area contributed by atoms with E-state index in [4.69, 9.17) is 0 Å². The first kappa shape index (κ1) is 11.8. The van der Waals surface area contributed by atoms with E-state index < -0.39 is 0 Å². The number of ether oxygens (including phenoxy) is 1. The summed E-state index contributed by atoms with van der Waals surface area (Å²) in [5, 5.41) is 0. The minimum atomic E-state index is -0.193. The Morgan fingerprint density at radius 2 is 2.12 bits per heavy atom. The Hall–Kier alpha value is 1.11. The molecule has 0 heterocycles. The van der Waals surface area contributed by atoms with Crippen LogP contribution in [0.5, 0.6) is 0 Å². The van der Waals surface area contributed by atoms with Crippen molar-refractivity contribution in [3.8, 4) is 0 Å². The van der Waals surface area contributed by atoms with Crippen LogP contribution in [0.15, 0.2) is 0 Å². The number of carbonyl (C=O) groups is 1. The summed E-state index contributed by atoms with van der Waals surface area (Å²) in [6, 6.07) is 0. The summed E-state index contributed by atoms with van der Waals surface area (Å²) in [4.78, 5) is 9.98. The molecule has 0 saturated heterocycles. The molecule has 8 heavy (non-hydrogen) atoms. The predicted molar refractivity (Wildman–Crippen MR) is 34.1 cm³/mol. The van der Waals surface area contributed by atoms with Gasteiger partial charge in [0.25, 0.3) is 0 Å². The van der Waals surface area contributed by atoms with E-state index in [-0.39, 0.29) is 57.4 Å². The van der Waals surface area contributed by atoms with Crippen molar-refractivity contribution in [1.82, 2.24) is 0 Å². The monoisotopic (exact) mass is 142 g/mol. The van der Waals surface area contributed by atoms with Gasteiger partial charge < -0.3 is 4.74 Å². The molecule has 0 radical (unpaired) electrons. The number of carbonyl (C=O) groups excluding carboxylic acids is 1. The summed E-state index contributed by atoms with van der Waals surface area (Å²) in [6.07, 6.45) is 0.902. The third-order valence-corrected chi connectivity index (χ3v) is 0.509. The van der Waals surface area contributed by atoms with Gasteiger partial charge in [0.15, 0.2) is 0 Å². The standard InChI is InChI=1S/C5H10O2.K.H/c1-3-4-7-5(2)6;;/h3-4H2,1-2H3;;. The molecule has 0 aliphatic rings. The second-order valence-corrected chi connectivity index (χ2v) is 1.34. The van der Waals surface area contributed by atoms with Crippen molar-refractivity contribution in [2.75, 3.05) is 6.61 Å². The molecule has 0 atom stereocenters. The Bertz CT molecular complexity index is 63.4. The maximum atomic E-state index is 9.98. The van der Waals surface area contributed by atoms with Crippen LogP contribution in [0.1, 0.15) is 20.3 Å². The van der Waals surface area contributed by atoms with Crippen molar-refractivity contribution in [2.24, 2.45) is 0 Å². The SMILES string of the molecule is CCCOC(C)=O.[KH].